The molecule has 0 amide bonds. The highest BCUT2D eigenvalue weighted by Crippen LogP contribution is 2.35. The fraction of sp³-hybridized carbons (Fsp3) is 0.300. The largest absolute Gasteiger partial charge is 0.463 e. The Morgan fingerprint density at radius 2 is 2.06 bits per heavy atom. The van der Waals surface area contributed by atoms with Crippen LogP contribution in [0.15, 0.2) is 23.2 Å². The van der Waals surface area contributed by atoms with E-state index in [2.05, 4.69) is 10.3 Å². The Labute approximate surface area is 94.1 Å². The third kappa shape index (κ3) is 2.66. The lowest BCUT2D eigenvalue weighted by atomic mass is 10.1. The number of nitrogens with zero attached hydrogens (tertiary/aromatic N) is 1. The number of hydrogen-bond donors (Lipinski definition) is 1. The van der Waals surface area contributed by atoms with Gasteiger partial charge in [-0.15, -0.1) is 0 Å². The molecule has 0 unspecified atom stereocenters. The summed E-state index contributed by atoms with van der Waals surface area (Å²) in [5.74, 6) is -0.947. The second-order valence-electron chi connectivity index (χ2n) is 3.35. The molecule has 0 bridgehead atoms. The first-order valence-corrected chi connectivity index (χ1v) is 4.78. The lowest BCUT2D eigenvalue weighted by Crippen LogP contribution is -2.17. The summed E-state index contributed by atoms with van der Waals surface area (Å²) in [6, 6.07) is 2.38. The summed E-state index contributed by atoms with van der Waals surface area (Å²) in [7, 11) is 0. The number of rotatable bonds is 1. The maximum Gasteiger partial charge on any atom is 0.418 e. The quantitative estimate of drug-likeness (QED) is 0.775. The molecule has 0 aliphatic carbocycles. The van der Waals surface area contributed by atoms with Gasteiger partial charge in [-0.2, -0.15) is 13.2 Å². The van der Waals surface area contributed by atoms with Gasteiger partial charge in [0.05, 0.1) is 17.8 Å². The normalized spacial score (nSPS) is 15.4. The molecule has 2 rings (SSSR count). The average Bonchev–Trinajstić information content (AvgIpc) is 2.72. The Balaban J connectivity index is 2.32. The molecule has 0 spiro atoms. The molecule has 7 heteroatoms. The lowest BCUT2D eigenvalue weighted by Gasteiger charge is -2.13. The number of amidine groups is 1. The molecule has 0 radical (unpaired) electrons. The summed E-state index contributed by atoms with van der Waals surface area (Å²) in [6.07, 6.45) is -4.64. The number of halogens is 4. The minimum atomic E-state index is -4.64. The van der Waals surface area contributed by atoms with Crippen LogP contribution in [0.3, 0.4) is 0 Å². The SMILES string of the molecule is Fc1ccc(NC2=NCCO2)c(C(F)(F)F)c1. The van der Waals surface area contributed by atoms with Crippen LogP contribution < -0.4 is 5.32 Å². The molecule has 1 heterocycles. The van der Waals surface area contributed by atoms with Crippen LogP contribution in [0.5, 0.6) is 0 Å². The van der Waals surface area contributed by atoms with E-state index in [1.807, 2.05) is 0 Å². The minimum Gasteiger partial charge on any atom is -0.463 e. The number of alkyl halides is 3. The first-order valence-electron chi connectivity index (χ1n) is 4.78. The zero-order valence-electron chi connectivity index (χ0n) is 8.51. The van der Waals surface area contributed by atoms with Gasteiger partial charge >= 0.3 is 6.18 Å². The Bertz CT molecular complexity index is 456. The highest BCUT2D eigenvalue weighted by molar-refractivity contribution is 5.90. The second kappa shape index (κ2) is 4.23. The third-order valence-corrected chi connectivity index (χ3v) is 2.11. The molecule has 17 heavy (non-hydrogen) atoms. The van der Waals surface area contributed by atoms with Crippen LogP contribution in [0.1, 0.15) is 5.56 Å². The van der Waals surface area contributed by atoms with Crippen molar-refractivity contribution in [1.29, 1.82) is 0 Å². The average molecular weight is 248 g/mol. The van der Waals surface area contributed by atoms with E-state index in [4.69, 9.17) is 4.74 Å². The molecule has 1 aliphatic rings. The zero-order chi connectivity index (χ0) is 12.5. The van der Waals surface area contributed by atoms with Crippen molar-refractivity contribution in [3.8, 4) is 0 Å². The maximum absolute atomic E-state index is 12.8. The standard InChI is InChI=1S/C10H8F4N2O/c11-6-1-2-8(7(5-6)10(12,13)14)16-9-15-3-4-17-9/h1-2,5H,3-4H2,(H,15,16). The molecule has 1 aromatic rings. The fourth-order valence-electron chi connectivity index (χ4n) is 1.39. The van der Waals surface area contributed by atoms with Gasteiger partial charge in [-0.3, -0.25) is 0 Å². The van der Waals surface area contributed by atoms with Gasteiger partial charge < -0.3 is 10.1 Å². The van der Waals surface area contributed by atoms with Crippen LogP contribution in [-0.4, -0.2) is 19.2 Å². The Morgan fingerprint density at radius 1 is 1.29 bits per heavy atom. The first-order chi connectivity index (χ1) is 7.97. The molecule has 0 atom stereocenters. The van der Waals surface area contributed by atoms with Gasteiger partial charge in [-0.1, -0.05) is 0 Å². The monoisotopic (exact) mass is 248 g/mol. The Hall–Kier alpha value is -1.79. The van der Waals surface area contributed by atoms with E-state index in [1.54, 1.807) is 0 Å². The molecule has 3 nitrogen and oxygen atoms in total. The van der Waals surface area contributed by atoms with Gasteiger partial charge in [0, 0.05) is 0 Å². The number of hydrogen-bond acceptors (Lipinski definition) is 3. The molecule has 0 saturated heterocycles. The highest BCUT2D eigenvalue weighted by Gasteiger charge is 2.34. The van der Waals surface area contributed by atoms with E-state index in [0.29, 0.717) is 19.2 Å². The van der Waals surface area contributed by atoms with Gasteiger partial charge in [0.2, 0.25) is 0 Å². The van der Waals surface area contributed by atoms with Crippen molar-refractivity contribution in [2.45, 2.75) is 6.18 Å². The van der Waals surface area contributed by atoms with Crippen LogP contribution in [0, 0.1) is 5.82 Å². The molecule has 1 aromatic carbocycles. The minimum absolute atomic E-state index is 0.0158. The van der Waals surface area contributed by atoms with Crippen molar-refractivity contribution in [3.63, 3.8) is 0 Å². The molecular weight excluding hydrogens is 240 g/mol. The molecule has 0 saturated carbocycles. The summed E-state index contributed by atoms with van der Waals surface area (Å²) < 4.78 is 55.6. The Kier molecular flexibility index (Phi) is 2.91. The van der Waals surface area contributed by atoms with Gasteiger partial charge in [0.25, 0.3) is 6.02 Å². The van der Waals surface area contributed by atoms with Crippen molar-refractivity contribution in [3.05, 3.63) is 29.6 Å². The first kappa shape index (κ1) is 11.7. The van der Waals surface area contributed by atoms with E-state index < -0.39 is 17.6 Å². The van der Waals surface area contributed by atoms with E-state index >= 15 is 0 Å². The Morgan fingerprint density at radius 3 is 2.65 bits per heavy atom. The van der Waals surface area contributed by atoms with Crippen molar-refractivity contribution in [1.82, 2.24) is 0 Å². The lowest BCUT2D eigenvalue weighted by molar-refractivity contribution is -0.137. The van der Waals surface area contributed by atoms with E-state index in [0.717, 1.165) is 12.1 Å². The molecule has 0 fully saturated rings. The molecule has 0 aromatic heterocycles. The van der Waals surface area contributed by atoms with E-state index in [-0.39, 0.29) is 11.7 Å². The van der Waals surface area contributed by atoms with Crippen molar-refractivity contribution in [2.24, 2.45) is 4.99 Å². The number of benzene rings is 1. The van der Waals surface area contributed by atoms with Crippen LogP contribution in [0.2, 0.25) is 0 Å². The second-order valence-corrected chi connectivity index (χ2v) is 3.35. The summed E-state index contributed by atoms with van der Waals surface area (Å²) >= 11 is 0. The van der Waals surface area contributed by atoms with E-state index in [9.17, 15) is 17.6 Å². The van der Waals surface area contributed by atoms with Crippen LogP contribution in [0.4, 0.5) is 23.2 Å². The summed E-state index contributed by atoms with van der Waals surface area (Å²) in [4.78, 5) is 3.80. The van der Waals surface area contributed by atoms with Gasteiger partial charge in [-0.05, 0) is 18.2 Å². The predicted octanol–water partition coefficient (Wildman–Crippen LogP) is 2.64. The molecular formula is C10H8F4N2O. The molecule has 92 valence electrons. The third-order valence-electron chi connectivity index (χ3n) is 2.11. The molecule has 1 aliphatic heterocycles. The number of ether oxygens (including phenoxy) is 1. The van der Waals surface area contributed by atoms with Gasteiger partial charge in [0.15, 0.2) is 0 Å². The zero-order valence-corrected chi connectivity index (χ0v) is 8.51. The van der Waals surface area contributed by atoms with Gasteiger partial charge in [-0.25, -0.2) is 9.38 Å². The highest BCUT2D eigenvalue weighted by atomic mass is 19.4. The topological polar surface area (TPSA) is 33.6 Å². The van der Waals surface area contributed by atoms with Crippen LogP contribution in [-0.2, 0) is 10.9 Å². The van der Waals surface area contributed by atoms with Crippen LogP contribution >= 0.6 is 0 Å². The molecule has 1 N–H and O–H groups in total. The maximum atomic E-state index is 12.8. The van der Waals surface area contributed by atoms with Crippen molar-refractivity contribution in [2.75, 3.05) is 18.5 Å². The summed E-state index contributed by atoms with van der Waals surface area (Å²) in [5.41, 5.74) is -1.37. The number of anilines is 1. The summed E-state index contributed by atoms with van der Waals surface area (Å²) in [6.45, 7) is 0.718. The number of aliphatic imine (C=N–C) groups is 1. The number of nitrogens with one attached hydrogen (secondary N) is 1. The van der Waals surface area contributed by atoms with Crippen LogP contribution in [0.25, 0.3) is 0 Å². The van der Waals surface area contributed by atoms with E-state index in [1.165, 1.54) is 0 Å². The smallest absolute Gasteiger partial charge is 0.418 e. The van der Waals surface area contributed by atoms with Gasteiger partial charge in [0.1, 0.15) is 12.4 Å². The fourth-order valence-corrected chi connectivity index (χ4v) is 1.39. The van der Waals surface area contributed by atoms with Crippen molar-refractivity contribution >= 4 is 11.7 Å². The van der Waals surface area contributed by atoms with Crippen molar-refractivity contribution < 1.29 is 22.3 Å². The predicted molar refractivity (Wildman–Crippen MR) is 53.3 cm³/mol. The summed E-state index contributed by atoms with van der Waals surface area (Å²) in [5, 5.41) is 2.38.